The van der Waals surface area contributed by atoms with Crippen LogP contribution in [0.4, 0.5) is 5.69 Å². The number of benzene rings is 1. The average Bonchev–Trinajstić information content (AvgIpc) is 2.37. The van der Waals surface area contributed by atoms with E-state index < -0.39 is 0 Å². The molecular weight excluding hydrogens is 230 g/mol. The van der Waals surface area contributed by atoms with Gasteiger partial charge in [-0.15, -0.1) is 0 Å². The summed E-state index contributed by atoms with van der Waals surface area (Å²) in [4.78, 5) is 13.4. The average molecular weight is 251 g/mol. The van der Waals surface area contributed by atoms with Crippen LogP contribution in [-0.2, 0) is 16.1 Å². The highest BCUT2D eigenvalue weighted by molar-refractivity contribution is 5.77. The first kappa shape index (κ1) is 14.5. The lowest BCUT2D eigenvalue weighted by molar-refractivity contribution is -0.125. The Labute approximate surface area is 108 Å². The number of rotatable bonds is 7. The number of nitrogens with one attached hydrogen (secondary N) is 1. The molecule has 0 bridgehead atoms. The number of carbonyl (C=O) groups excluding carboxylic acids is 1. The molecule has 1 aromatic carbocycles. The molecule has 0 fully saturated rings. The normalized spacial score (nSPS) is 10.2. The maximum atomic E-state index is 11.4. The van der Waals surface area contributed by atoms with Gasteiger partial charge in [0.1, 0.15) is 6.61 Å². The lowest BCUT2D eigenvalue weighted by atomic mass is 10.2. The van der Waals surface area contributed by atoms with Crippen LogP contribution in [0.3, 0.4) is 0 Å². The first-order valence-corrected chi connectivity index (χ1v) is 5.94. The minimum Gasteiger partial charge on any atom is -0.378 e. The van der Waals surface area contributed by atoms with Crippen molar-refractivity contribution in [2.45, 2.75) is 6.54 Å². The zero-order valence-electron chi connectivity index (χ0n) is 11.0. The first-order valence-electron chi connectivity index (χ1n) is 5.94. The summed E-state index contributed by atoms with van der Waals surface area (Å²) >= 11 is 0. The van der Waals surface area contributed by atoms with E-state index in [0.29, 0.717) is 19.7 Å². The number of anilines is 1. The second-order valence-corrected chi connectivity index (χ2v) is 4.18. The molecule has 5 nitrogen and oxygen atoms in total. The molecule has 0 aromatic heterocycles. The van der Waals surface area contributed by atoms with E-state index in [1.807, 2.05) is 43.3 Å². The number of ether oxygens (including phenoxy) is 1. The molecule has 0 spiro atoms. The van der Waals surface area contributed by atoms with Crippen molar-refractivity contribution in [1.82, 2.24) is 5.32 Å². The summed E-state index contributed by atoms with van der Waals surface area (Å²) in [6.07, 6.45) is 0. The lowest BCUT2D eigenvalue weighted by Crippen LogP contribution is -2.28. The minimum absolute atomic E-state index is 0.0625. The van der Waals surface area contributed by atoms with Crippen molar-refractivity contribution in [2.75, 3.05) is 38.8 Å². The summed E-state index contributed by atoms with van der Waals surface area (Å²) in [7, 11) is 3.98. The van der Waals surface area contributed by atoms with Crippen molar-refractivity contribution in [3.8, 4) is 0 Å². The van der Waals surface area contributed by atoms with Gasteiger partial charge in [0, 0.05) is 32.9 Å². The van der Waals surface area contributed by atoms with Crippen molar-refractivity contribution >= 4 is 11.6 Å². The molecule has 0 heterocycles. The van der Waals surface area contributed by atoms with Gasteiger partial charge in [-0.05, 0) is 17.7 Å². The Hall–Kier alpha value is -1.59. The smallest absolute Gasteiger partial charge is 0.246 e. The molecule has 0 radical (unpaired) electrons. The monoisotopic (exact) mass is 251 g/mol. The zero-order valence-corrected chi connectivity index (χ0v) is 11.0. The molecule has 1 aromatic rings. The molecule has 100 valence electrons. The summed E-state index contributed by atoms with van der Waals surface area (Å²) < 4.78 is 5.04. The number of nitrogens with two attached hydrogens (primary N) is 1. The maximum absolute atomic E-state index is 11.4. The van der Waals surface area contributed by atoms with Gasteiger partial charge >= 0.3 is 0 Å². The molecule has 1 amide bonds. The van der Waals surface area contributed by atoms with Gasteiger partial charge in [0.25, 0.3) is 0 Å². The summed E-state index contributed by atoms with van der Waals surface area (Å²) in [5.41, 5.74) is 7.46. The quantitative estimate of drug-likeness (QED) is 0.686. The highest BCUT2D eigenvalue weighted by Gasteiger charge is 2.01. The summed E-state index contributed by atoms with van der Waals surface area (Å²) in [6.45, 7) is 1.41. The Balaban J connectivity index is 2.32. The number of hydrogen-bond acceptors (Lipinski definition) is 4. The molecule has 0 aliphatic rings. The molecule has 0 aliphatic carbocycles. The van der Waals surface area contributed by atoms with Crippen molar-refractivity contribution in [3.63, 3.8) is 0 Å². The van der Waals surface area contributed by atoms with Crippen LogP contribution in [-0.4, -0.2) is 39.8 Å². The molecule has 5 heteroatoms. The summed E-state index contributed by atoms with van der Waals surface area (Å²) in [6, 6.07) is 8.03. The van der Waals surface area contributed by atoms with Gasteiger partial charge in [0.2, 0.25) is 5.91 Å². The zero-order chi connectivity index (χ0) is 13.4. The fourth-order valence-corrected chi connectivity index (χ4v) is 1.41. The third kappa shape index (κ3) is 5.16. The Kier molecular flexibility index (Phi) is 6.18. The van der Waals surface area contributed by atoms with Crippen LogP contribution < -0.4 is 16.0 Å². The van der Waals surface area contributed by atoms with Gasteiger partial charge in [0.05, 0.1) is 6.61 Å². The third-order valence-electron chi connectivity index (χ3n) is 2.44. The second kappa shape index (κ2) is 7.68. The van der Waals surface area contributed by atoms with Gasteiger partial charge in [-0.3, -0.25) is 4.79 Å². The molecule has 0 atom stereocenters. The highest BCUT2D eigenvalue weighted by Crippen LogP contribution is 2.11. The van der Waals surface area contributed by atoms with Crippen LogP contribution in [0.1, 0.15) is 5.56 Å². The molecule has 0 saturated heterocycles. The Bertz CT molecular complexity index is 363. The van der Waals surface area contributed by atoms with Crippen molar-refractivity contribution < 1.29 is 9.53 Å². The van der Waals surface area contributed by atoms with Gasteiger partial charge in [-0.2, -0.15) is 0 Å². The molecule has 0 unspecified atom stereocenters. The van der Waals surface area contributed by atoms with E-state index in [-0.39, 0.29) is 12.5 Å². The van der Waals surface area contributed by atoms with E-state index in [4.69, 9.17) is 10.5 Å². The van der Waals surface area contributed by atoms with E-state index in [1.165, 1.54) is 0 Å². The number of hydrogen-bond donors (Lipinski definition) is 2. The predicted octanol–water partition coefficient (Wildman–Crippen LogP) is 0.344. The van der Waals surface area contributed by atoms with Crippen LogP contribution in [0, 0.1) is 0 Å². The SMILES string of the molecule is CN(C)c1ccc(CNC(=O)COCCN)cc1. The van der Waals surface area contributed by atoms with E-state index in [0.717, 1.165) is 11.3 Å². The van der Waals surface area contributed by atoms with E-state index in [1.54, 1.807) is 0 Å². The molecule has 0 saturated carbocycles. The fourth-order valence-electron chi connectivity index (χ4n) is 1.41. The maximum Gasteiger partial charge on any atom is 0.246 e. The topological polar surface area (TPSA) is 67.6 Å². The molecule has 3 N–H and O–H groups in total. The van der Waals surface area contributed by atoms with Crippen LogP contribution >= 0.6 is 0 Å². The first-order chi connectivity index (χ1) is 8.63. The van der Waals surface area contributed by atoms with Gasteiger partial charge in [-0.1, -0.05) is 12.1 Å². The van der Waals surface area contributed by atoms with Crippen LogP contribution in [0.15, 0.2) is 24.3 Å². The summed E-state index contributed by atoms with van der Waals surface area (Å²) in [5.74, 6) is -0.125. The van der Waals surface area contributed by atoms with E-state index >= 15 is 0 Å². The highest BCUT2D eigenvalue weighted by atomic mass is 16.5. The third-order valence-corrected chi connectivity index (χ3v) is 2.44. The fraction of sp³-hybridized carbons (Fsp3) is 0.462. The molecule has 1 rings (SSSR count). The van der Waals surface area contributed by atoms with E-state index in [2.05, 4.69) is 5.32 Å². The molecule has 18 heavy (non-hydrogen) atoms. The number of carbonyl (C=O) groups is 1. The van der Waals surface area contributed by atoms with Crippen LogP contribution in [0.25, 0.3) is 0 Å². The van der Waals surface area contributed by atoms with Gasteiger partial charge in [-0.25, -0.2) is 0 Å². The number of nitrogens with zero attached hydrogens (tertiary/aromatic N) is 1. The van der Waals surface area contributed by atoms with Gasteiger partial charge < -0.3 is 20.7 Å². The predicted molar refractivity (Wildman–Crippen MR) is 72.5 cm³/mol. The lowest BCUT2D eigenvalue weighted by Gasteiger charge is -2.13. The van der Waals surface area contributed by atoms with Crippen molar-refractivity contribution in [3.05, 3.63) is 29.8 Å². The Morgan fingerprint density at radius 2 is 2.00 bits per heavy atom. The molecular formula is C13H21N3O2. The molecule has 0 aliphatic heterocycles. The summed E-state index contributed by atoms with van der Waals surface area (Å²) in [5, 5.41) is 2.79. The Morgan fingerprint density at radius 3 is 2.56 bits per heavy atom. The largest absolute Gasteiger partial charge is 0.378 e. The minimum atomic E-state index is -0.125. The van der Waals surface area contributed by atoms with Crippen LogP contribution in [0.2, 0.25) is 0 Å². The Morgan fingerprint density at radius 1 is 1.33 bits per heavy atom. The van der Waals surface area contributed by atoms with Crippen molar-refractivity contribution in [1.29, 1.82) is 0 Å². The van der Waals surface area contributed by atoms with Crippen molar-refractivity contribution in [2.24, 2.45) is 5.73 Å². The van der Waals surface area contributed by atoms with Gasteiger partial charge in [0.15, 0.2) is 0 Å². The number of amides is 1. The standard InChI is InChI=1S/C13H21N3O2/c1-16(2)12-5-3-11(4-6-12)9-15-13(17)10-18-8-7-14/h3-6H,7-10,14H2,1-2H3,(H,15,17). The second-order valence-electron chi connectivity index (χ2n) is 4.18. The van der Waals surface area contributed by atoms with E-state index in [9.17, 15) is 4.79 Å². The van der Waals surface area contributed by atoms with Crippen LogP contribution in [0.5, 0.6) is 0 Å².